The molecule has 4 N–H and O–H groups in total. The normalized spacial score (nSPS) is 13.7. The first kappa shape index (κ1) is 99.6. The van der Waals surface area contributed by atoms with E-state index in [0.29, 0.717) is 50.3 Å². The number of nitrogens with two attached hydrogens (primary N) is 2. The SMILES string of the molecule is CCCCC(=NCc1ccc(-c2ccccc2-c2nnnn2C(c2ccccc2)(c2ccccc2)c2ccccc2)cc1)OCC.CCCCC1=NC2(CCCC2)C(=O)N1Cc1ccc(-c2ccccc2-c2nnnn2C(c2ccccc2)(c2ccccc2)c2ccccc2)cc1.CCOC(=O)C1(N)CCCC1.NCc1ccc(-c2ccccc2-c2nnnn2C(c2ccccc2)(c2ccccc2)c2ccccc2)cc1. The molecule has 3 aliphatic rings. The predicted octanol–water partition coefficient (Wildman–Crippen LogP) is 25.2. The molecule has 2 saturated carbocycles. The highest BCUT2D eigenvalue weighted by molar-refractivity contribution is 6.08. The lowest BCUT2D eigenvalue weighted by atomic mass is 9.77. The van der Waals surface area contributed by atoms with Gasteiger partial charge in [0.1, 0.15) is 33.5 Å². The number of unbranched alkanes of at least 4 members (excludes halogenated alkanes) is 2. The molecule has 4 heterocycles. The van der Waals surface area contributed by atoms with E-state index in [4.69, 9.17) is 56.8 Å². The maximum Gasteiger partial charge on any atom is 0.326 e. The minimum absolute atomic E-state index is 0.186. The number of esters is 1. The van der Waals surface area contributed by atoms with Gasteiger partial charge in [-0.3, -0.25) is 24.5 Å². The van der Waals surface area contributed by atoms with Gasteiger partial charge in [-0.15, -0.1) is 15.3 Å². The van der Waals surface area contributed by atoms with Gasteiger partial charge in [0.25, 0.3) is 5.91 Å². The molecule has 0 unspecified atom stereocenters. The van der Waals surface area contributed by atoms with Crippen molar-refractivity contribution in [2.45, 2.75) is 165 Å². The Labute approximate surface area is 855 Å². The summed E-state index contributed by atoms with van der Waals surface area (Å²) in [5, 5.41) is 41.1. The van der Waals surface area contributed by atoms with E-state index in [1.807, 2.05) is 105 Å². The standard InChI is InChI=1S/C44H42N6O.C40H39N5O.C33H27N5.C8H15NO2/c1-2-3-25-40-45-43(30-15-16-31-43)42(51)49(40)32-33-26-28-34(29-27-33)38-23-13-14-24-39(38)41-46-47-48-50(41)44(35-17-7-4-8-18-35,36-19-9-5-10-20-36)37-21-11-6-12-22-37;1-3-5-25-38(46-4-2)41-30-31-26-28-32(29-27-31)36-23-15-16-24-37(36)39-42-43-44-45(39)40(33-17-9-6-10-18-33,34-19-11-7-12-20-34)35-21-13-8-14-22-35;34-24-25-20-22-26(23-21-25)30-18-10-11-19-31(30)32-35-36-37-38(32)33(27-12-4-1-5-13-27,28-14-6-2-7-15-28)29-16-8-3-9-17-29;1-2-11-7(10)8(9)5-3-4-6-8/h4-14,17-24,26-29H,2-3,15-16,25,30-32H2,1H3;6-24,26-29H,3-5,25,30H2,1-2H3;1-23H,24,34H2;2-6,9H2,1H3. The van der Waals surface area contributed by atoms with Gasteiger partial charge in [0, 0.05) is 36.1 Å². The van der Waals surface area contributed by atoms with E-state index in [1.54, 1.807) is 6.92 Å². The Kier molecular flexibility index (Phi) is 32.2. The number of benzene rings is 15. The van der Waals surface area contributed by atoms with Gasteiger partial charge in [0.15, 0.2) is 23.4 Å². The zero-order chi connectivity index (χ0) is 100. The van der Waals surface area contributed by atoms with Crippen LogP contribution < -0.4 is 11.5 Å². The number of amidine groups is 1. The summed E-state index contributed by atoms with van der Waals surface area (Å²) in [5.74, 6) is 3.78. The zero-order valence-corrected chi connectivity index (χ0v) is 83.3. The Bertz CT molecular complexity index is 7020. The Morgan fingerprint density at radius 3 is 0.938 bits per heavy atom. The van der Waals surface area contributed by atoms with Crippen molar-refractivity contribution in [3.8, 4) is 67.5 Å². The van der Waals surface area contributed by atoms with Crippen LogP contribution in [0.5, 0.6) is 0 Å². The average Bonchev–Trinajstić information content (AvgIpc) is 1.36. The lowest BCUT2D eigenvalue weighted by molar-refractivity contribution is -0.149. The van der Waals surface area contributed by atoms with Crippen LogP contribution in [0.3, 0.4) is 0 Å². The van der Waals surface area contributed by atoms with Crippen molar-refractivity contribution in [3.05, 3.63) is 485 Å². The van der Waals surface area contributed by atoms with E-state index < -0.39 is 27.7 Å². The van der Waals surface area contributed by atoms with E-state index in [0.717, 1.165) is 218 Å². The maximum absolute atomic E-state index is 13.8. The maximum atomic E-state index is 13.8. The number of hydrogen-bond donors (Lipinski definition) is 2. The first-order valence-electron chi connectivity index (χ1n) is 51.1. The first-order valence-corrected chi connectivity index (χ1v) is 51.1. The number of hydrogen-bond acceptors (Lipinski definition) is 17. The Morgan fingerprint density at radius 1 is 0.349 bits per heavy atom. The number of amides is 1. The molecule has 21 nitrogen and oxygen atoms in total. The average molecular weight is 1930 g/mol. The summed E-state index contributed by atoms with van der Waals surface area (Å²) in [5.41, 5.74) is 30.0. The fourth-order valence-corrected chi connectivity index (χ4v) is 20.9. The smallest absolute Gasteiger partial charge is 0.326 e. The van der Waals surface area contributed by atoms with E-state index in [-0.39, 0.29) is 11.9 Å². The molecule has 21 heteroatoms. The molecular weight excluding hydrogens is 1800 g/mol. The molecule has 1 aliphatic heterocycles. The highest BCUT2D eigenvalue weighted by atomic mass is 16.5. The second-order valence-corrected chi connectivity index (χ2v) is 37.2. The highest BCUT2D eigenvalue weighted by Gasteiger charge is 2.51. The van der Waals surface area contributed by atoms with Crippen LogP contribution in [0, 0.1) is 0 Å². The third-order valence-corrected chi connectivity index (χ3v) is 28.1. The molecule has 1 amide bonds. The van der Waals surface area contributed by atoms with Gasteiger partial charge in [0.05, 0.1) is 26.3 Å². The molecule has 21 rings (SSSR count). The number of nitrogens with zero attached hydrogens (tertiary/aromatic N) is 15. The zero-order valence-electron chi connectivity index (χ0n) is 83.3. The molecule has 146 heavy (non-hydrogen) atoms. The third-order valence-electron chi connectivity index (χ3n) is 28.1. The van der Waals surface area contributed by atoms with Gasteiger partial charge < -0.3 is 20.9 Å². The van der Waals surface area contributed by atoms with Crippen LogP contribution in [0.15, 0.2) is 429 Å². The summed E-state index contributed by atoms with van der Waals surface area (Å²) >= 11 is 0. The number of carbonyl (C=O) groups is 2. The first-order chi connectivity index (χ1) is 71.9. The molecule has 0 radical (unpaired) electrons. The van der Waals surface area contributed by atoms with E-state index in [9.17, 15) is 9.59 Å². The van der Waals surface area contributed by atoms with Crippen molar-refractivity contribution in [1.82, 2.24) is 65.5 Å². The molecule has 2 aliphatic carbocycles. The monoisotopic (exact) mass is 1930 g/mol. The molecule has 0 bridgehead atoms. The lowest BCUT2D eigenvalue weighted by Crippen LogP contribution is -2.46. The lowest BCUT2D eigenvalue weighted by Gasteiger charge is -2.36. The minimum atomic E-state index is -0.852. The van der Waals surface area contributed by atoms with E-state index >= 15 is 0 Å². The largest absolute Gasteiger partial charge is 0.481 e. The molecule has 0 saturated heterocycles. The van der Waals surface area contributed by atoms with Crippen molar-refractivity contribution in [2.75, 3.05) is 13.2 Å². The van der Waals surface area contributed by atoms with Gasteiger partial charge in [0.2, 0.25) is 0 Å². The Morgan fingerprint density at radius 2 is 0.637 bits per heavy atom. The highest BCUT2D eigenvalue weighted by Crippen LogP contribution is 2.49. The number of tetrazole rings is 3. The molecule has 732 valence electrons. The molecule has 3 aromatic heterocycles. The van der Waals surface area contributed by atoms with Gasteiger partial charge in [-0.2, -0.15) is 0 Å². The van der Waals surface area contributed by atoms with Crippen LogP contribution >= 0.6 is 0 Å². The molecule has 18 aromatic rings. The molecule has 1 spiro atoms. The van der Waals surface area contributed by atoms with Crippen LogP contribution in [0.4, 0.5) is 0 Å². The second-order valence-electron chi connectivity index (χ2n) is 37.2. The summed E-state index contributed by atoms with van der Waals surface area (Å²) in [6.45, 7) is 10.9. The van der Waals surface area contributed by atoms with E-state index in [2.05, 4.69) is 374 Å². The van der Waals surface area contributed by atoms with Crippen molar-refractivity contribution in [2.24, 2.45) is 21.5 Å². The summed E-state index contributed by atoms with van der Waals surface area (Å²) in [4.78, 5) is 36.8. The predicted molar refractivity (Wildman–Crippen MR) is 581 cm³/mol. The number of aliphatic imine (C=N–C) groups is 2. The van der Waals surface area contributed by atoms with Crippen LogP contribution in [0.1, 0.15) is 184 Å². The Hall–Kier alpha value is -16.5. The fraction of sp³-hybridized carbons (Fsp3) is 0.224. The summed E-state index contributed by atoms with van der Waals surface area (Å²) in [6, 6.07) is 145. The summed E-state index contributed by atoms with van der Waals surface area (Å²) in [7, 11) is 0. The molecule has 0 atom stereocenters. The van der Waals surface area contributed by atoms with Crippen LogP contribution in [-0.2, 0) is 55.3 Å². The third kappa shape index (κ3) is 20.9. The summed E-state index contributed by atoms with van der Waals surface area (Å²) < 4.78 is 16.6. The molecular formula is C125H123N17O4. The number of aromatic nitrogens is 12. The Balaban J connectivity index is 0.000000137. The van der Waals surface area contributed by atoms with Gasteiger partial charge in [-0.1, -0.05) is 471 Å². The van der Waals surface area contributed by atoms with E-state index in [1.165, 1.54) is 0 Å². The fourth-order valence-electron chi connectivity index (χ4n) is 20.9. The molecule has 2 fully saturated rings. The minimum Gasteiger partial charge on any atom is -0.481 e. The van der Waals surface area contributed by atoms with Gasteiger partial charge in [-0.05, 0) is 184 Å². The quantitative estimate of drug-likeness (QED) is 0.0172. The molecule has 15 aromatic carbocycles. The van der Waals surface area contributed by atoms with Gasteiger partial charge >= 0.3 is 5.97 Å². The number of ether oxygens (including phenoxy) is 2. The van der Waals surface area contributed by atoms with Crippen LogP contribution in [0.25, 0.3) is 67.5 Å². The summed E-state index contributed by atoms with van der Waals surface area (Å²) in [6.07, 6.45) is 13.6. The van der Waals surface area contributed by atoms with Crippen LogP contribution in [0.2, 0.25) is 0 Å². The number of rotatable bonds is 32. The van der Waals surface area contributed by atoms with Crippen molar-refractivity contribution < 1.29 is 19.1 Å². The second kappa shape index (κ2) is 47.1. The van der Waals surface area contributed by atoms with Crippen molar-refractivity contribution in [3.63, 3.8) is 0 Å². The number of carbonyl (C=O) groups excluding carboxylic acids is 2. The van der Waals surface area contributed by atoms with Crippen molar-refractivity contribution in [1.29, 1.82) is 0 Å². The van der Waals surface area contributed by atoms with Crippen LogP contribution in [-0.4, -0.2) is 113 Å². The topological polar surface area (TPSA) is 263 Å². The van der Waals surface area contributed by atoms with Gasteiger partial charge in [-0.25, -0.2) is 14.0 Å². The van der Waals surface area contributed by atoms with Crippen molar-refractivity contribution >= 4 is 23.6 Å².